The average Bonchev–Trinajstić information content (AvgIpc) is 2.99. The lowest BCUT2D eigenvalue weighted by Crippen LogP contribution is -2.15. The molecule has 1 aromatic heterocycles. The topological polar surface area (TPSA) is 105 Å². The number of carbonyl (C=O) groups excluding carboxylic acids is 2. The molecule has 33 heavy (non-hydrogen) atoms. The molecule has 0 atom stereocenters. The first-order valence-corrected chi connectivity index (χ1v) is 12.0. The van der Waals surface area contributed by atoms with Gasteiger partial charge in [-0.3, -0.25) is 4.79 Å². The molecule has 0 amide bonds. The Morgan fingerprint density at radius 3 is 2.18 bits per heavy atom. The second kappa shape index (κ2) is 8.82. The lowest BCUT2D eigenvalue weighted by atomic mass is 9.97. The van der Waals surface area contributed by atoms with Crippen molar-refractivity contribution in [3.05, 3.63) is 69.4 Å². The van der Waals surface area contributed by atoms with Gasteiger partial charge in [0.1, 0.15) is 11.3 Å². The van der Waals surface area contributed by atoms with E-state index in [0.29, 0.717) is 22.4 Å². The van der Waals surface area contributed by atoms with E-state index >= 15 is 0 Å². The van der Waals surface area contributed by atoms with Gasteiger partial charge in [0.25, 0.3) is 0 Å². The number of hydrogen-bond donors (Lipinski definition) is 0. The van der Waals surface area contributed by atoms with Crippen LogP contribution < -0.4 is 9.47 Å². The van der Waals surface area contributed by atoms with Crippen molar-refractivity contribution in [3.8, 4) is 11.6 Å². The molecule has 0 bridgehead atoms. The highest BCUT2D eigenvalue weighted by Crippen LogP contribution is 2.36. The lowest BCUT2D eigenvalue weighted by molar-refractivity contribution is 0.0718. The molecule has 0 radical (unpaired) electrons. The summed E-state index contributed by atoms with van der Waals surface area (Å²) < 4.78 is 36.9. The second-order valence-corrected chi connectivity index (χ2v) is 9.93. The Morgan fingerprint density at radius 2 is 1.64 bits per heavy atom. The number of esters is 1. The zero-order valence-electron chi connectivity index (χ0n) is 19.6. The summed E-state index contributed by atoms with van der Waals surface area (Å²) in [6, 6.07) is 8.33. The third-order valence-corrected chi connectivity index (χ3v) is 6.71. The summed E-state index contributed by atoms with van der Waals surface area (Å²) in [5, 5.41) is 4.26. The molecular weight excluding hydrogens is 444 g/mol. The van der Waals surface area contributed by atoms with Crippen LogP contribution in [0.3, 0.4) is 0 Å². The minimum atomic E-state index is -3.54. The van der Waals surface area contributed by atoms with Gasteiger partial charge in [-0.15, -0.1) is 0 Å². The van der Waals surface area contributed by atoms with Crippen molar-refractivity contribution in [1.82, 2.24) is 9.78 Å². The summed E-state index contributed by atoms with van der Waals surface area (Å²) in [5.74, 6) is -0.980. The number of carbonyl (C=O) groups is 2. The molecule has 0 fully saturated rings. The van der Waals surface area contributed by atoms with Crippen molar-refractivity contribution < 1.29 is 27.5 Å². The number of sulfone groups is 1. The first-order chi connectivity index (χ1) is 15.4. The fourth-order valence-electron chi connectivity index (χ4n) is 3.94. The van der Waals surface area contributed by atoms with E-state index < -0.39 is 21.6 Å². The van der Waals surface area contributed by atoms with E-state index in [0.717, 1.165) is 11.8 Å². The molecule has 0 unspecified atom stereocenters. The van der Waals surface area contributed by atoms with Gasteiger partial charge in [0.05, 0.1) is 28.8 Å². The number of benzene rings is 2. The van der Waals surface area contributed by atoms with Crippen LogP contribution in [-0.4, -0.2) is 43.3 Å². The SMILES string of the molecule is COc1c(C(=O)c2c(C)nn(C)c2OC(=O)c2ccc(C)cc2)cc(C)c(S(C)(=O)=O)c1C. The van der Waals surface area contributed by atoms with Gasteiger partial charge in [-0.25, -0.2) is 17.9 Å². The molecule has 0 saturated carbocycles. The summed E-state index contributed by atoms with van der Waals surface area (Å²) >= 11 is 0. The molecule has 0 spiro atoms. The van der Waals surface area contributed by atoms with Gasteiger partial charge in [0, 0.05) is 18.9 Å². The van der Waals surface area contributed by atoms with Crippen molar-refractivity contribution in [3.63, 3.8) is 0 Å². The van der Waals surface area contributed by atoms with Crippen molar-refractivity contribution in [2.24, 2.45) is 7.05 Å². The summed E-state index contributed by atoms with van der Waals surface area (Å²) in [7, 11) is -0.601. The highest BCUT2D eigenvalue weighted by atomic mass is 32.2. The molecule has 0 aliphatic heterocycles. The van der Waals surface area contributed by atoms with Crippen LogP contribution >= 0.6 is 0 Å². The molecule has 1 heterocycles. The minimum absolute atomic E-state index is 0.00683. The largest absolute Gasteiger partial charge is 0.496 e. The van der Waals surface area contributed by atoms with Gasteiger partial charge in [0.2, 0.25) is 11.7 Å². The Morgan fingerprint density at radius 1 is 1.03 bits per heavy atom. The maximum absolute atomic E-state index is 13.6. The van der Waals surface area contributed by atoms with Crippen molar-refractivity contribution in [1.29, 1.82) is 0 Å². The van der Waals surface area contributed by atoms with Crippen LogP contribution in [0, 0.1) is 27.7 Å². The Hall–Kier alpha value is -3.46. The smallest absolute Gasteiger partial charge is 0.344 e. The maximum Gasteiger partial charge on any atom is 0.344 e. The van der Waals surface area contributed by atoms with Crippen LogP contribution in [0.1, 0.15) is 48.7 Å². The second-order valence-electron chi connectivity index (χ2n) is 7.97. The van der Waals surface area contributed by atoms with Gasteiger partial charge in [0.15, 0.2) is 9.84 Å². The van der Waals surface area contributed by atoms with Crippen LogP contribution in [0.4, 0.5) is 0 Å². The Bertz CT molecular complexity index is 1370. The monoisotopic (exact) mass is 470 g/mol. The molecule has 0 aliphatic rings. The van der Waals surface area contributed by atoms with Crippen molar-refractivity contribution in [2.45, 2.75) is 32.6 Å². The van der Waals surface area contributed by atoms with Gasteiger partial charge in [-0.05, 0) is 51.5 Å². The standard InChI is InChI=1S/C24H26N2O6S/c1-13-8-10-17(11-9-13)24(28)32-23-19(16(4)25-26(23)5)20(27)18-12-14(2)22(33(7,29)30)15(3)21(18)31-6/h8-12H,1-7H3. The number of aromatic nitrogens is 2. The fourth-order valence-corrected chi connectivity index (χ4v) is 5.23. The Labute approximate surface area is 193 Å². The quantitative estimate of drug-likeness (QED) is 0.401. The molecule has 0 N–H and O–H groups in total. The molecule has 0 saturated heterocycles. The van der Waals surface area contributed by atoms with E-state index in [1.165, 1.54) is 17.9 Å². The average molecular weight is 471 g/mol. The molecule has 9 heteroatoms. The number of aryl methyl sites for hydroxylation is 4. The number of ketones is 1. The third kappa shape index (κ3) is 4.54. The number of methoxy groups -OCH3 is 1. The first-order valence-electron chi connectivity index (χ1n) is 10.1. The first kappa shape index (κ1) is 24.2. The summed E-state index contributed by atoms with van der Waals surface area (Å²) in [6.07, 6.45) is 1.11. The number of ether oxygens (including phenoxy) is 2. The van der Waals surface area contributed by atoms with Gasteiger partial charge in [-0.1, -0.05) is 17.7 Å². The number of nitrogens with zero attached hydrogens (tertiary/aromatic N) is 2. The van der Waals surface area contributed by atoms with Crippen LogP contribution in [0.15, 0.2) is 35.2 Å². The third-order valence-electron chi connectivity index (χ3n) is 5.34. The molecular formula is C24H26N2O6S. The van der Waals surface area contributed by atoms with E-state index in [9.17, 15) is 18.0 Å². The highest BCUT2D eigenvalue weighted by Gasteiger charge is 2.30. The summed E-state index contributed by atoms with van der Waals surface area (Å²) in [5.41, 5.74) is 2.69. The van der Waals surface area contributed by atoms with Gasteiger partial charge in [-0.2, -0.15) is 5.10 Å². The van der Waals surface area contributed by atoms with Gasteiger partial charge < -0.3 is 9.47 Å². The van der Waals surface area contributed by atoms with E-state index in [-0.39, 0.29) is 27.7 Å². The highest BCUT2D eigenvalue weighted by molar-refractivity contribution is 7.90. The molecule has 8 nitrogen and oxygen atoms in total. The maximum atomic E-state index is 13.6. The minimum Gasteiger partial charge on any atom is -0.496 e. The normalized spacial score (nSPS) is 11.4. The van der Waals surface area contributed by atoms with Crippen LogP contribution in [0.5, 0.6) is 11.6 Å². The van der Waals surface area contributed by atoms with E-state index in [1.807, 2.05) is 6.92 Å². The molecule has 3 aromatic rings. The lowest BCUT2D eigenvalue weighted by Gasteiger charge is -2.16. The van der Waals surface area contributed by atoms with Crippen molar-refractivity contribution >= 4 is 21.6 Å². The van der Waals surface area contributed by atoms with E-state index in [4.69, 9.17) is 9.47 Å². The summed E-state index contributed by atoms with van der Waals surface area (Å²) in [4.78, 5) is 26.5. The van der Waals surface area contributed by atoms with Crippen LogP contribution in [0.25, 0.3) is 0 Å². The van der Waals surface area contributed by atoms with Gasteiger partial charge >= 0.3 is 5.97 Å². The molecule has 174 valence electrons. The zero-order chi connectivity index (χ0) is 24.7. The van der Waals surface area contributed by atoms with E-state index in [1.54, 1.807) is 52.1 Å². The van der Waals surface area contributed by atoms with E-state index in [2.05, 4.69) is 5.10 Å². The fraction of sp³-hybridized carbons (Fsp3) is 0.292. The molecule has 2 aromatic carbocycles. The number of rotatable bonds is 6. The van der Waals surface area contributed by atoms with Crippen molar-refractivity contribution in [2.75, 3.05) is 13.4 Å². The molecule has 3 rings (SSSR count). The Balaban J connectivity index is 2.12. The Kier molecular flexibility index (Phi) is 6.46. The van der Waals surface area contributed by atoms with Crippen LogP contribution in [0.2, 0.25) is 0 Å². The predicted octanol–water partition coefficient (Wildman–Crippen LogP) is 3.52. The number of hydrogen-bond acceptors (Lipinski definition) is 7. The molecule has 0 aliphatic carbocycles. The predicted molar refractivity (Wildman–Crippen MR) is 123 cm³/mol. The van der Waals surface area contributed by atoms with Crippen LogP contribution in [-0.2, 0) is 16.9 Å². The summed E-state index contributed by atoms with van der Waals surface area (Å²) in [6.45, 7) is 6.75. The zero-order valence-corrected chi connectivity index (χ0v) is 20.5.